The van der Waals surface area contributed by atoms with Crippen LogP contribution in [0.5, 0.6) is 0 Å². The summed E-state index contributed by atoms with van der Waals surface area (Å²) < 4.78 is 5.08. The third kappa shape index (κ3) is 4.49. The van der Waals surface area contributed by atoms with Gasteiger partial charge in [-0.3, -0.25) is 9.59 Å². The van der Waals surface area contributed by atoms with Crippen LogP contribution in [0.15, 0.2) is 24.3 Å². The Morgan fingerprint density at radius 2 is 1.94 bits per heavy atom. The Bertz CT molecular complexity index is 396. The maximum absolute atomic E-state index is 11.8. The second-order valence-corrected chi connectivity index (χ2v) is 3.90. The van der Waals surface area contributed by atoms with Crippen molar-refractivity contribution >= 4 is 11.6 Å². The highest BCUT2D eigenvalue weighted by molar-refractivity contribution is 6.08. The summed E-state index contributed by atoms with van der Waals surface area (Å²) in [6.45, 7) is 4.75. The van der Waals surface area contributed by atoms with Crippen molar-refractivity contribution in [1.82, 2.24) is 0 Å². The van der Waals surface area contributed by atoms with Gasteiger partial charge in [-0.2, -0.15) is 0 Å². The lowest BCUT2D eigenvalue weighted by Gasteiger charge is -2.04. The molecule has 0 aliphatic carbocycles. The number of hydrogen-bond donors (Lipinski definition) is 0. The first-order chi connectivity index (χ1) is 8.15. The van der Waals surface area contributed by atoms with Crippen molar-refractivity contribution < 1.29 is 14.3 Å². The van der Waals surface area contributed by atoms with Gasteiger partial charge in [0.15, 0.2) is 5.78 Å². The minimum atomic E-state index is -0.107. The van der Waals surface area contributed by atoms with Crippen LogP contribution in [-0.4, -0.2) is 24.8 Å². The lowest BCUT2D eigenvalue weighted by Crippen LogP contribution is -2.11. The highest BCUT2D eigenvalue weighted by Crippen LogP contribution is 2.10. The summed E-state index contributed by atoms with van der Waals surface area (Å²) in [5, 5.41) is 0. The Morgan fingerprint density at radius 3 is 2.59 bits per heavy atom. The van der Waals surface area contributed by atoms with Gasteiger partial charge in [0.1, 0.15) is 5.78 Å². The van der Waals surface area contributed by atoms with Crippen molar-refractivity contribution in [2.24, 2.45) is 0 Å². The molecule has 17 heavy (non-hydrogen) atoms. The zero-order valence-electron chi connectivity index (χ0n) is 10.4. The zero-order valence-corrected chi connectivity index (χ0v) is 10.4. The Labute approximate surface area is 102 Å². The fraction of sp³-hybridized carbons (Fsp3) is 0.429. The third-order valence-electron chi connectivity index (χ3n) is 2.53. The summed E-state index contributed by atoms with van der Waals surface area (Å²) >= 11 is 0. The predicted molar refractivity (Wildman–Crippen MR) is 66.2 cm³/mol. The van der Waals surface area contributed by atoms with Crippen LogP contribution >= 0.6 is 0 Å². The van der Waals surface area contributed by atoms with Crippen LogP contribution in [0, 0.1) is 6.92 Å². The molecule has 0 aliphatic heterocycles. The molecule has 0 saturated heterocycles. The van der Waals surface area contributed by atoms with Crippen LogP contribution in [-0.2, 0) is 9.53 Å². The minimum absolute atomic E-state index is 0.0298. The van der Waals surface area contributed by atoms with Gasteiger partial charge in [-0.15, -0.1) is 0 Å². The van der Waals surface area contributed by atoms with E-state index in [0.717, 1.165) is 5.56 Å². The summed E-state index contributed by atoms with van der Waals surface area (Å²) in [7, 11) is 0. The molecule has 1 rings (SSSR count). The lowest BCUT2D eigenvalue weighted by molar-refractivity contribution is -0.119. The molecule has 0 unspecified atom stereocenters. The maximum Gasteiger partial charge on any atom is 0.170 e. The molecule has 0 atom stereocenters. The van der Waals surface area contributed by atoms with Crippen LogP contribution in [0.25, 0.3) is 0 Å². The van der Waals surface area contributed by atoms with Crippen LogP contribution in [0.3, 0.4) is 0 Å². The molecule has 0 bridgehead atoms. The number of Topliss-reactive ketones (excluding diaryl/α,β-unsaturated/α-hetero) is 2. The van der Waals surface area contributed by atoms with Crippen molar-refractivity contribution in [3.63, 3.8) is 0 Å². The third-order valence-corrected chi connectivity index (χ3v) is 2.53. The van der Waals surface area contributed by atoms with Gasteiger partial charge in [0.25, 0.3) is 0 Å². The quantitative estimate of drug-likeness (QED) is 0.413. The van der Waals surface area contributed by atoms with E-state index in [1.165, 1.54) is 0 Å². The summed E-state index contributed by atoms with van der Waals surface area (Å²) in [6, 6.07) is 7.32. The molecule has 0 N–H and O–H groups in total. The first-order valence-electron chi connectivity index (χ1n) is 5.83. The molecular formula is C14H18O3. The largest absolute Gasteiger partial charge is 0.381 e. The van der Waals surface area contributed by atoms with Gasteiger partial charge in [-0.25, -0.2) is 0 Å². The van der Waals surface area contributed by atoms with E-state index in [1.807, 2.05) is 32.0 Å². The minimum Gasteiger partial charge on any atom is -0.381 e. The Morgan fingerprint density at radius 1 is 1.24 bits per heavy atom. The van der Waals surface area contributed by atoms with Crippen LogP contribution < -0.4 is 0 Å². The SMILES string of the molecule is CCOCCC(=O)CC(=O)c1ccccc1C. The van der Waals surface area contributed by atoms with E-state index >= 15 is 0 Å². The molecular weight excluding hydrogens is 216 g/mol. The van der Waals surface area contributed by atoms with Crippen molar-refractivity contribution in [1.29, 1.82) is 0 Å². The molecule has 3 heteroatoms. The van der Waals surface area contributed by atoms with E-state index < -0.39 is 0 Å². The second kappa shape index (κ2) is 6.97. The Balaban J connectivity index is 2.49. The Kier molecular flexibility index (Phi) is 5.57. The Hall–Kier alpha value is -1.48. The molecule has 0 heterocycles. The average Bonchev–Trinajstić information content (AvgIpc) is 2.29. The van der Waals surface area contributed by atoms with Crippen LogP contribution in [0.2, 0.25) is 0 Å². The summed E-state index contributed by atoms with van der Waals surface area (Å²) in [5.74, 6) is -0.170. The number of ketones is 2. The number of aryl methyl sites for hydroxylation is 1. The first-order valence-corrected chi connectivity index (χ1v) is 5.83. The molecule has 0 aliphatic rings. The first kappa shape index (κ1) is 13.6. The molecule has 1 aromatic carbocycles. The highest BCUT2D eigenvalue weighted by Gasteiger charge is 2.13. The van der Waals surface area contributed by atoms with Crippen LogP contribution in [0.1, 0.15) is 35.7 Å². The second-order valence-electron chi connectivity index (χ2n) is 3.90. The number of ether oxygens (including phenoxy) is 1. The monoisotopic (exact) mass is 234 g/mol. The standard InChI is InChI=1S/C14H18O3/c1-3-17-9-8-12(15)10-14(16)13-7-5-4-6-11(13)2/h4-7H,3,8-10H2,1-2H3. The van der Waals surface area contributed by atoms with E-state index in [2.05, 4.69) is 0 Å². The number of carbonyl (C=O) groups excluding carboxylic acids is 2. The smallest absolute Gasteiger partial charge is 0.170 e. The molecule has 1 aromatic rings. The van der Waals surface area contributed by atoms with Gasteiger partial charge in [0, 0.05) is 18.6 Å². The van der Waals surface area contributed by atoms with E-state index in [9.17, 15) is 9.59 Å². The van der Waals surface area contributed by atoms with Gasteiger partial charge in [0.05, 0.1) is 13.0 Å². The molecule has 92 valence electrons. The van der Waals surface area contributed by atoms with Gasteiger partial charge >= 0.3 is 0 Å². The van der Waals surface area contributed by atoms with Crippen molar-refractivity contribution in [3.8, 4) is 0 Å². The van der Waals surface area contributed by atoms with Gasteiger partial charge in [-0.1, -0.05) is 24.3 Å². The topological polar surface area (TPSA) is 43.4 Å². The van der Waals surface area contributed by atoms with E-state index in [1.54, 1.807) is 6.07 Å². The van der Waals surface area contributed by atoms with Crippen LogP contribution in [0.4, 0.5) is 0 Å². The number of rotatable bonds is 7. The molecule has 0 fully saturated rings. The predicted octanol–water partition coefficient (Wildman–Crippen LogP) is 2.56. The fourth-order valence-corrected chi connectivity index (χ4v) is 1.58. The highest BCUT2D eigenvalue weighted by atomic mass is 16.5. The lowest BCUT2D eigenvalue weighted by atomic mass is 10.0. The molecule has 0 spiro atoms. The number of benzene rings is 1. The van der Waals surface area contributed by atoms with Gasteiger partial charge in [-0.05, 0) is 19.4 Å². The van der Waals surface area contributed by atoms with Crippen molar-refractivity contribution in [2.45, 2.75) is 26.7 Å². The van der Waals surface area contributed by atoms with Gasteiger partial charge in [0.2, 0.25) is 0 Å². The maximum atomic E-state index is 11.8. The van der Waals surface area contributed by atoms with E-state index in [-0.39, 0.29) is 18.0 Å². The fourth-order valence-electron chi connectivity index (χ4n) is 1.58. The number of hydrogen-bond acceptors (Lipinski definition) is 3. The van der Waals surface area contributed by atoms with E-state index in [4.69, 9.17) is 4.74 Å². The molecule has 0 amide bonds. The molecule has 0 saturated carbocycles. The average molecular weight is 234 g/mol. The normalized spacial score (nSPS) is 10.2. The summed E-state index contributed by atoms with van der Waals surface area (Å²) in [6.07, 6.45) is 0.281. The van der Waals surface area contributed by atoms with Gasteiger partial charge < -0.3 is 4.74 Å². The van der Waals surface area contributed by atoms with Crippen molar-refractivity contribution in [3.05, 3.63) is 35.4 Å². The van der Waals surface area contributed by atoms with E-state index in [0.29, 0.717) is 25.2 Å². The number of carbonyl (C=O) groups is 2. The molecule has 0 radical (unpaired) electrons. The zero-order chi connectivity index (χ0) is 12.7. The van der Waals surface area contributed by atoms with Crippen molar-refractivity contribution in [2.75, 3.05) is 13.2 Å². The summed E-state index contributed by atoms with van der Waals surface area (Å²) in [5.41, 5.74) is 1.55. The molecule has 3 nitrogen and oxygen atoms in total. The molecule has 0 aromatic heterocycles. The summed E-state index contributed by atoms with van der Waals surface area (Å²) in [4.78, 5) is 23.4.